The summed E-state index contributed by atoms with van der Waals surface area (Å²) < 4.78 is 0.768. The quantitative estimate of drug-likeness (QED) is 0.923. The van der Waals surface area contributed by atoms with Crippen LogP contribution < -0.4 is 0 Å². The second-order valence-corrected chi connectivity index (χ2v) is 6.92. The zero-order valence-corrected chi connectivity index (χ0v) is 13.2. The number of carboxylic acids is 1. The average Bonchev–Trinajstić information content (AvgIpc) is 2.91. The van der Waals surface area contributed by atoms with Crippen molar-refractivity contribution in [1.82, 2.24) is 4.90 Å². The smallest absolute Gasteiger partial charge is 0.312 e. The SMILES string of the molecule is CC(c1csc(Cl)c1)N1Cc2ccccc2C(C(=O)O)C1. The van der Waals surface area contributed by atoms with Crippen molar-refractivity contribution >= 4 is 28.9 Å². The first kappa shape index (κ1) is 14.6. The largest absolute Gasteiger partial charge is 0.481 e. The Morgan fingerprint density at radius 2 is 2.24 bits per heavy atom. The molecule has 0 saturated heterocycles. The first-order chi connectivity index (χ1) is 10.1. The van der Waals surface area contributed by atoms with Gasteiger partial charge in [-0.25, -0.2) is 0 Å². The Labute approximate surface area is 132 Å². The molecule has 0 aliphatic carbocycles. The van der Waals surface area contributed by atoms with E-state index >= 15 is 0 Å². The highest BCUT2D eigenvalue weighted by molar-refractivity contribution is 7.14. The molecule has 0 spiro atoms. The van der Waals surface area contributed by atoms with Crippen molar-refractivity contribution in [3.8, 4) is 0 Å². The summed E-state index contributed by atoms with van der Waals surface area (Å²) in [6.07, 6.45) is 0. The van der Waals surface area contributed by atoms with Crippen LogP contribution in [0.15, 0.2) is 35.7 Å². The second kappa shape index (κ2) is 5.79. The maximum Gasteiger partial charge on any atom is 0.312 e. The standard InChI is InChI=1S/C16H16ClNO2S/c1-10(12-6-15(17)21-9-12)18-7-11-4-2-3-5-13(11)14(8-18)16(19)20/h2-6,9-10,14H,7-8H2,1H3,(H,19,20). The van der Waals surface area contributed by atoms with E-state index in [9.17, 15) is 9.90 Å². The van der Waals surface area contributed by atoms with Gasteiger partial charge in [0.25, 0.3) is 0 Å². The zero-order valence-electron chi connectivity index (χ0n) is 11.6. The Morgan fingerprint density at radius 3 is 2.90 bits per heavy atom. The molecule has 2 atom stereocenters. The maximum absolute atomic E-state index is 11.6. The molecule has 1 aliphatic heterocycles. The lowest BCUT2D eigenvalue weighted by molar-refractivity contribution is -0.139. The zero-order chi connectivity index (χ0) is 15.0. The molecule has 110 valence electrons. The van der Waals surface area contributed by atoms with Gasteiger partial charge in [-0.3, -0.25) is 9.69 Å². The monoisotopic (exact) mass is 321 g/mol. The molecule has 1 N–H and O–H groups in total. The van der Waals surface area contributed by atoms with E-state index in [2.05, 4.69) is 11.8 Å². The van der Waals surface area contributed by atoms with Crippen LogP contribution in [0.3, 0.4) is 0 Å². The van der Waals surface area contributed by atoms with E-state index in [0.717, 1.165) is 27.6 Å². The summed E-state index contributed by atoms with van der Waals surface area (Å²) in [6, 6.07) is 9.94. The van der Waals surface area contributed by atoms with Crippen LogP contribution in [0.4, 0.5) is 0 Å². The summed E-state index contributed by atoms with van der Waals surface area (Å²) >= 11 is 7.52. The lowest BCUT2D eigenvalue weighted by Gasteiger charge is -2.36. The topological polar surface area (TPSA) is 40.5 Å². The summed E-state index contributed by atoms with van der Waals surface area (Å²) in [5.74, 6) is -1.23. The Hall–Kier alpha value is -1.36. The molecule has 21 heavy (non-hydrogen) atoms. The van der Waals surface area contributed by atoms with Crippen molar-refractivity contribution in [1.29, 1.82) is 0 Å². The Kier molecular flexibility index (Phi) is 4.02. The van der Waals surface area contributed by atoms with Crippen LogP contribution in [-0.4, -0.2) is 22.5 Å². The number of halogens is 1. The van der Waals surface area contributed by atoms with Crippen LogP contribution in [-0.2, 0) is 11.3 Å². The number of hydrogen-bond donors (Lipinski definition) is 1. The number of fused-ring (bicyclic) bond motifs is 1. The van der Waals surface area contributed by atoms with Gasteiger partial charge in [0.2, 0.25) is 0 Å². The molecule has 2 unspecified atom stereocenters. The van der Waals surface area contributed by atoms with Gasteiger partial charge < -0.3 is 5.11 Å². The van der Waals surface area contributed by atoms with Gasteiger partial charge >= 0.3 is 5.97 Å². The summed E-state index contributed by atoms with van der Waals surface area (Å²) in [4.78, 5) is 13.8. The number of carboxylic acid groups (broad SMARTS) is 1. The van der Waals surface area contributed by atoms with Gasteiger partial charge in [0.15, 0.2) is 0 Å². The summed E-state index contributed by atoms with van der Waals surface area (Å²) in [6.45, 7) is 3.40. The van der Waals surface area contributed by atoms with Crippen molar-refractivity contribution in [3.63, 3.8) is 0 Å². The lowest BCUT2D eigenvalue weighted by atomic mass is 9.88. The first-order valence-corrected chi connectivity index (χ1v) is 8.10. The number of thiophene rings is 1. The second-order valence-electron chi connectivity index (χ2n) is 5.38. The number of carbonyl (C=O) groups is 1. The van der Waals surface area contributed by atoms with Crippen molar-refractivity contribution in [3.05, 3.63) is 56.7 Å². The van der Waals surface area contributed by atoms with Gasteiger partial charge in [-0.2, -0.15) is 0 Å². The van der Waals surface area contributed by atoms with Crippen molar-refractivity contribution in [2.75, 3.05) is 6.54 Å². The van der Waals surface area contributed by atoms with Crippen molar-refractivity contribution in [2.24, 2.45) is 0 Å². The van der Waals surface area contributed by atoms with Crippen molar-refractivity contribution in [2.45, 2.75) is 25.4 Å². The fourth-order valence-electron chi connectivity index (χ4n) is 2.89. The molecule has 0 bridgehead atoms. The van der Waals surface area contributed by atoms with E-state index < -0.39 is 11.9 Å². The molecule has 1 aromatic heterocycles. The first-order valence-electron chi connectivity index (χ1n) is 6.85. The number of hydrogen-bond acceptors (Lipinski definition) is 3. The minimum absolute atomic E-state index is 0.156. The molecular weight excluding hydrogens is 306 g/mol. The molecule has 0 fully saturated rings. The Morgan fingerprint density at radius 1 is 1.48 bits per heavy atom. The van der Waals surface area contributed by atoms with Crippen LogP contribution in [0.25, 0.3) is 0 Å². The minimum atomic E-state index is -0.761. The fraction of sp³-hybridized carbons (Fsp3) is 0.312. The third-order valence-corrected chi connectivity index (χ3v) is 5.25. The van der Waals surface area contributed by atoms with Gasteiger partial charge in [0, 0.05) is 19.1 Å². The number of nitrogens with zero attached hydrogens (tertiary/aromatic N) is 1. The molecule has 1 aliphatic rings. The minimum Gasteiger partial charge on any atom is -0.481 e. The van der Waals surface area contributed by atoms with Crippen LogP contribution in [0.5, 0.6) is 0 Å². The third kappa shape index (κ3) is 2.84. The average molecular weight is 322 g/mol. The molecule has 3 nitrogen and oxygen atoms in total. The van der Waals surface area contributed by atoms with Crippen LogP contribution >= 0.6 is 22.9 Å². The Balaban J connectivity index is 1.91. The lowest BCUT2D eigenvalue weighted by Crippen LogP contribution is -2.38. The summed E-state index contributed by atoms with van der Waals surface area (Å²) in [5.41, 5.74) is 3.19. The molecule has 5 heteroatoms. The third-order valence-electron chi connectivity index (χ3n) is 4.14. The molecule has 2 aromatic rings. The maximum atomic E-state index is 11.6. The van der Waals surface area contributed by atoms with Crippen LogP contribution in [0.1, 0.15) is 35.6 Å². The molecule has 2 heterocycles. The number of rotatable bonds is 3. The van der Waals surface area contributed by atoms with E-state index in [1.807, 2.05) is 35.7 Å². The van der Waals surface area contributed by atoms with Gasteiger partial charge in [0.05, 0.1) is 10.3 Å². The van der Waals surface area contributed by atoms with E-state index in [1.165, 1.54) is 11.3 Å². The molecule has 1 aromatic carbocycles. The van der Waals surface area contributed by atoms with Crippen LogP contribution in [0.2, 0.25) is 4.34 Å². The van der Waals surface area contributed by atoms with Gasteiger partial charge in [0.1, 0.15) is 0 Å². The van der Waals surface area contributed by atoms with Gasteiger partial charge in [-0.1, -0.05) is 35.9 Å². The molecular formula is C16H16ClNO2S. The number of benzene rings is 1. The van der Waals surface area contributed by atoms with E-state index in [0.29, 0.717) is 6.54 Å². The van der Waals surface area contributed by atoms with Crippen LogP contribution in [0, 0.1) is 0 Å². The fourth-order valence-corrected chi connectivity index (χ4v) is 3.87. The predicted molar refractivity (Wildman–Crippen MR) is 85.0 cm³/mol. The van der Waals surface area contributed by atoms with Gasteiger partial charge in [-0.15, -0.1) is 11.3 Å². The highest BCUT2D eigenvalue weighted by atomic mass is 35.5. The normalized spacial score (nSPS) is 20.0. The molecule has 0 amide bonds. The summed E-state index contributed by atoms with van der Waals surface area (Å²) in [7, 11) is 0. The Bertz CT molecular complexity index is 670. The van der Waals surface area contributed by atoms with E-state index in [-0.39, 0.29) is 6.04 Å². The van der Waals surface area contributed by atoms with Crippen molar-refractivity contribution < 1.29 is 9.90 Å². The van der Waals surface area contributed by atoms with E-state index in [4.69, 9.17) is 11.6 Å². The highest BCUT2D eigenvalue weighted by Gasteiger charge is 2.32. The molecule has 3 rings (SSSR count). The van der Waals surface area contributed by atoms with Gasteiger partial charge in [-0.05, 0) is 35.1 Å². The number of aliphatic carboxylic acids is 1. The predicted octanol–water partition coefficient (Wildman–Crippen LogP) is 4.15. The van der Waals surface area contributed by atoms with E-state index in [1.54, 1.807) is 0 Å². The molecule has 0 radical (unpaired) electrons. The summed E-state index contributed by atoms with van der Waals surface area (Å²) in [5, 5.41) is 11.6. The highest BCUT2D eigenvalue weighted by Crippen LogP contribution is 2.35. The molecule has 0 saturated carbocycles.